The van der Waals surface area contributed by atoms with E-state index in [9.17, 15) is 4.79 Å². The minimum absolute atomic E-state index is 0.0725. The van der Waals surface area contributed by atoms with E-state index < -0.39 is 0 Å². The molecule has 0 saturated carbocycles. The van der Waals surface area contributed by atoms with E-state index in [1.54, 1.807) is 0 Å². The summed E-state index contributed by atoms with van der Waals surface area (Å²) in [5, 5.41) is 0. The minimum Gasteiger partial charge on any atom is -0.378 e. The van der Waals surface area contributed by atoms with Gasteiger partial charge in [-0.15, -0.1) is 0 Å². The number of nitrogens with one attached hydrogen (secondary N) is 1. The van der Waals surface area contributed by atoms with E-state index in [1.165, 1.54) is 13.5 Å². The van der Waals surface area contributed by atoms with Crippen molar-refractivity contribution in [2.75, 3.05) is 13.7 Å². The van der Waals surface area contributed by atoms with Gasteiger partial charge in [0.15, 0.2) is 0 Å². The molecule has 1 N–H and O–H groups in total. The Morgan fingerprint density at radius 2 is 2.46 bits per heavy atom. The largest absolute Gasteiger partial charge is 0.378 e. The molecule has 0 radical (unpaired) electrons. The first kappa shape index (κ1) is 10.5. The van der Waals surface area contributed by atoms with Gasteiger partial charge in [-0.1, -0.05) is 0 Å². The summed E-state index contributed by atoms with van der Waals surface area (Å²) < 4.78 is 5.49. The van der Waals surface area contributed by atoms with E-state index in [1.807, 2.05) is 0 Å². The van der Waals surface area contributed by atoms with Crippen molar-refractivity contribution in [1.82, 2.24) is 5.48 Å². The van der Waals surface area contributed by atoms with Crippen LogP contribution < -0.4 is 5.48 Å². The lowest BCUT2D eigenvalue weighted by Gasteiger charge is -2.21. The SMILES string of the molecule is CONC(=O)CCC1CCCCO1. The van der Waals surface area contributed by atoms with Gasteiger partial charge in [0.25, 0.3) is 0 Å². The van der Waals surface area contributed by atoms with Crippen LogP contribution in [-0.2, 0) is 14.4 Å². The van der Waals surface area contributed by atoms with E-state index in [0.717, 1.165) is 25.9 Å². The van der Waals surface area contributed by atoms with Crippen LogP contribution in [0.4, 0.5) is 0 Å². The zero-order valence-corrected chi connectivity index (χ0v) is 8.04. The Morgan fingerprint density at radius 3 is 3.08 bits per heavy atom. The highest BCUT2D eigenvalue weighted by atomic mass is 16.6. The van der Waals surface area contributed by atoms with Gasteiger partial charge in [-0.05, 0) is 25.7 Å². The van der Waals surface area contributed by atoms with Crippen LogP contribution >= 0.6 is 0 Å². The van der Waals surface area contributed by atoms with E-state index in [2.05, 4.69) is 10.3 Å². The van der Waals surface area contributed by atoms with Crippen LogP contribution in [-0.4, -0.2) is 25.7 Å². The van der Waals surface area contributed by atoms with Crippen molar-refractivity contribution in [2.24, 2.45) is 0 Å². The van der Waals surface area contributed by atoms with Crippen molar-refractivity contribution >= 4 is 5.91 Å². The average molecular weight is 187 g/mol. The number of hydrogen-bond acceptors (Lipinski definition) is 3. The molecule has 0 aliphatic carbocycles. The molecule has 76 valence electrons. The maximum atomic E-state index is 11.0. The minimum atomic E-state index is -0.0725. The Hall–Kier alpha value is -0.610. The fourth-order valence-corrected chi connectivity index (χ4v) is 1.49. The van der Waals surface area contributed by atoms with Crippen molar-refractivity contribution in [3.05, 3.63) is 0 Å². The lowest BCUT2D eigenvalue weighted by atomic mass is 10.0. The number of amides is 1. The molecule has 1 aliphatic rings. The van der Waals surface area contributed by atoms with Crippen LogP contribution in [0.15, 0.2) is 0 Å². The smallest absolute Gasteiger partial charge is 0.243 e. The van der Waals surface area contributed by atoms with E-state index >= 15 is 0 Å². The zero-order valence-electron chi connectivity index (χ0n) is 8.04. The van der Waals surface area contributed by atoms with Gasteiger partial charge in [0, 0.05) is 13.0 Å². The summed E-state index contributed by atoms with van der Waals surface area (Å²) in [5.41, 5.74) is 2.29. The molecule has 1 atom stereocenters. The third-order valence-corrected chi connectivity index (χ3v) is 2.18. The lowest BCUT2D eigenvalue weighted by Crippen LogP contribution is -2.25. The molecule has 0 bridgehead atoms. The summed E-state index contributed by atoms with van der Waals surface area (Å²) in [6.07, 6.45) is 5.02. The molecule has 1 amide bonds. The maximum absolute atomic E-state index is 11.0. The fraction of sp³-hybridized carbons (Fsp3) is 0.889. The molecule has 1 fully saturated rings. The first-order valence-corrected chi connectivity index (χ1v) is 4.76. The Kier molecular flexibility index (Phi) is 4.78. The molecule has 1 rings (SSSR count). The number of carbonyl (C=O) groups excluding carboxylic acids is 1. The second-order valence-corrected chi connectivity index (χ2v) is 3.26. The van der Waals surface area contributed by atoms with Gasteiger partial charge in [-0.25, -0.2) is 5.48 Å². The molecule has 13 heavy (non-hydrogen) atoms. The van der Waals surface area contributed by atoms with Gasteiger partial charge < -0.3 is 4.74 Å². The van der Waals surface area contributed by atoms with Crippen LogP contribution in [0.25, 0.3) is 0 Å². The standard InChI is InChI=1S/C9H17NO3/c1-12-10-9(11)6-5-8-4-2-3-7-13-8/h8H,2-7H2,1H3,(H,10,11). The molecule has 4 heteroatoms. The monoisotopic (exact) mass is 187 g/mol. The summed E-state index contributed by atoms with van der Waals surface area (Å²) in [5.74, 6) is -0.0725. The number of hydroxylamine groups is 1. The quantitative estimate of drug-likeness (QED) is 0.668. The Labute approximate surface area is 78.5 Å². The second kappa shape index (κ2) is 5.94. The molecule has 0 aromatic heterocycles. The first-order chi connectivity index (χ1) is 6.33. The third-order valence-electron chi connectivity index (χ3n) is 2.18. The number of hydrogen-bond donors (Lipinski definition) is 1. The Morgan fingerprint density at radius 1 is 1.62 bits per heavy atom. The van der Waals surface area contributed by atoms with Gasteiger partial charge in [-0.3, -0.25) is 9.63 Å². The van der Waals surface area contributed by atoms with E-state index in [-0.39, 0.29) is 12.0 Å². The normalized spacial score (nSPS) is 22.7. The average Bonchev–Trinajstić information content (AvgIpc) is 2.17. The predicted molar refractivity (Wildman–Crippen MR) is 48.0 cm³/mol. The molecule has 0 aromatic carbocycles. The highest BCUT2D eigenvalue weighted by Crippen LogP contribution is 2.16. The summed E-state index contributed by atoms with van der Waals surface area (Å²) in [6, 6.07) is 0. The molecule has 1 heterocycles. The van der Waals surface area contributed by atoms with Gasteiger partial charge >= 0.3 is 0 Å². The van der Waals surface area contributed by atoms with Crippen LogP contribution in [0, 0.1) is 0 Å². The lowest BCUT2D eigenvalue weighted by molar-refractivity contribution is -0.132. The topological polar surface area (TPSA) is 47.6 Å². The van der Waals surface area contributed by atoms with E-state index in [0.29, 0.717) is 6.42 Å². The van der Waals surface area contributed by atoms with E-state index in [4.69, 9.17) is 4.74 Å². The van der Waals surface area contributed by atoms with Gasteiger partial charge in [0.2, 0.25) is 5.91 Å². The number of carbonyl (C=O) groups is 1. The fourth-order valence-electron chi connectivity index (χ4n) is 1.49. The van der Waals surface area contributed by atoms with Crippen LogP contribution in [0.2, 0.25) is 0 Å². The third kappa shape index (κ3) is 4.24. The molecule has 1 saturated heterocycles. The second-order valence-electron chi connectivity index (χ2n) is 3.26. The zero-order chi connectivity index (χ0) is 9.52. The Balaban J connectivity index is 2.06. The highest BCUT2D eigenvalue weighted by molar-refractivity contribution is 5.74. The number of ether oxygens (including phenoxy) is 1. The predicted octanol–water partition coefficient (Wildman–Crippen LogP) is 1.01. The molecule has 0 spiro atoms. The van der Waals surface area contributed by atoms with Gasteiger partial charge in [-0.2, -0.15) is 0 Å². The highest BCUT2D eigenvalue weighted by Gasteiger charge is 2.14. The molecule has 4 nitrogen and oxygen atoms in total. The van der Waals surface area contributed by atoms with Crippen molar-refractivity contribution in [2.45, 2.75) is 38.2 Å². The van der Waals surface area contributed by atoms with Gasteiger partial charge in [0.05, 0.1) is 13.2 Å². The van der Waals surface area contributed by atoms with Crippen molar-refractivity contribution in [3.8, 4) is 0 Å². The molecular formula is C9H17NO3. The van der Waals surface area contributed by atoms with Crippen LogP contribution in [0.3, 0.4) is 0 Å². The van der Waals surface area contributed by atoms with Crippen molar-refractivity contribution in [3.63, 3.8) is 0 Å². The summed E-state index contributed by atoms with van der Waals surface area (Å²) in [4.78, 5) is 15.5. The summed E-state index contributed by atoms with van der Waals surface area (Å²) in [6.45, 7) is 0.844. The van der Waals surface area contributed by atoms with Crippen LogP contribution in [0.5, 0.6) is 0 Å². The van der Waals surface area contributed by atoms with Crippen molar-refractivity contribution < 1.29 is 14.4 Å². The Bertz CT molecular complexity index is 155. The van der Waals surface area contributed by atoms with Gasteiger partial charge in [0.1, 0.15) is 0 Å². The molecule has 0 aromatic rings. The molecular weight excluding hydrogens is 170 g/mol. The summed E-state index contributed by atoms with van der Waals surface area (Å²) >= 11 is 0. The summed E-state index contributed by atoms with van der Waals surface area (Å²) in [7, 11) is 1.44. The number of rotatable bonds is 4. The van der Waals surface area contributed by atoms with Crippen molar-refractivity contribution in [1.29, 1.82) is 0 Å². The maximum Gasteiger partial charge on any atom is 0.243 e. The molecule has 1 aliphatic heterocycles. The molecule has 1 unspecified atom stereocenters. The van der Waals surface area contributed by atoms with Crippen LogP contribution in [0.1, 0.15) is 32.1 Å². The first-order valence-electron chi connectivity index (χ1n) is 4.76.